The zero-order valence-electron chi connectivity index (χ0n) is 11.6. The van der Waals surface area contributed by atoms with Gasteiger partial charge in [-0.15, -0.1) is 0 Å². The molecule has 2 aromatic carbocycles. The molecule has 0 aromatic heterocycles. The summed E-state index contributed by atoms with van der Waals surface area (Å²) in [6.45, 7) is 2.32. The molecule has 0 unspecified atom stereocenters. The Kier molecular flexibility index (Phi) is 4.38. The monoisotopic (exact) mass is 270 g/mol. The average Bonchev–Trinajstić information content (AvgIpc) is 2.41. The Hall–Kier alpha value is -2.33. The van der Waals surface area contributed by atoms with Crippen LogP contribution in [-0.4, -0.2) is 13.0 Å². The van der Waals surface area contributed by atoms with Crippen molar-refractivity contribution in [1.82, 2.24) is 0 Å². The van der Waals surface area contributed by atoms with Crippen LogP contribution in [0.25, 0.3) is 0 Å². The Labute approximate surface area is 118 Å². The largest absolute Gasteiger partial charge is 0.399 e. The molecule has 1 amide bonds. The Morgan fingerprint density at radius 3 is 2.70 bits per heavy atom. The lowest BCUT2D eigenvalue weighted by atomic mass is 10.1. The van der Waals surface area contributed by atoms with E-state index in [1.54, 1.807) is 25.3 Å². The van der Waals surface area contributed by atoms with Gasteiger partial charge in [0, 0.05) is 29.6 Å². The predicted octanol–water partition coefficient (Wildman–Crippen LogP) is 2.98. The first-order valence-electron chi connectivity index (χ1n) is 6.36. The summed E-state index contributed by atoms with van der Waals surface area (Å²) in [6, 6.07) is 12.8. The van der Waals surface area contributed by atoms with E-state index >= 15 is 0 Å². The van der Waals surface area contributed by atoms with Gasteiger partial charge in [0.25, 0.3) is 5.91 Å². The van der Waals surface area contributed by atoms with Crippen molar-refractivity contribution in [3.63, 3.8) is 0 Å². The SMILES string of the molecule is COCc1ccccc1NC(=O)c1ccc(N)cc1C. The number of rotatable bonds is 4. The van der Waals surface area contributed by atoms with Gasteiger partial charge in [-0.05, 0) is 36.8 Å². The Morgan fingerprint density at radius 1 is 1.25 bits per heavy atom. The summed E-state index contributed by atoms with van der Waals surface area (Å²) in [7, 11) is 1.63. The van der Waals surface area contributed by atoms with E-state index in [-0.39, 0.29) is 5.91 Å². The van der Waals surface area contributed by atoms with Crippen LogP contribution in [0.2, 0.25) is 0 Å². The van der Waals surface area contributed by atoms with E-state index in [4.69, 9.17) is 10.5 Å². The van der Waals surface area contributed by atoms with Crippen molar-refractivity contribution in [3.8, 4) is 0 Å². The Balaban J connectivity index is 2.23. The second-order valence-electron chi connectivity index (χ2n) is 4.62. The number of para-hydroxylation sites is 1. The van der Waals surface area contributed by atoms with E-state index in [1.807, 2.05) is 31.2 Å². The first-order chi connectivity index (χ1) is 9.61. The van der Waals surface area contributed by atoms with E-state index in [9.17, 15) is 4.79 Å². The van der Waals surface area contributed by atoms with Gasteiger partial charge in [-0.1, -0.05) is 18.2 Å². The number of aryl methyl sites for hydroxylation is 1. The zero-order chi connectivity index (χ0) is 14.5. The van der Waals surface area contributed by atoms with E-state index in [0.717, 1.165) is 16.8 Å². The molecular weight excluding hydrogens is 252 g/mol. The fourth-order valence-electron chi connectivity index (χ4n) is 2.05. The molecule has 4 heteroatoms. The number of hydrogen-bond acceptors (Lipinski definition) is 3. The molecule has 2 aromatic rings. The summed E-state index contributed by atoms with van der Waals surface area (Å²) >= 11 is 0. The third-order valence-corrected chi connectivity index (χ3v) is 3.06. The standard InChI is InChI=1S/C16H18N2O2/c1-11-9-13(17)7-8-14(11)16(19)18-15-6-4-3-5-12(15)10-20-2/h3-9H,10,17H2,1-2H3,(H,18,19). The van der Waals surface area contributed by atoms with Gasteiger partial charge in [-0.3, -0.25) is 4.79 Å². The molecule has 3 N–H and O–H groups in total. The summed E-state index contributed by atoms with van der Waals surface area (Å²) in [5, 5.41) is 2.91. The molecule has 0 saturated carbocycles. The van der Waals surface area contributed by atoms with Gasteiger partial charge >= 0.3 is 0 Å². The number of carbonyl (C=O) groups excluding carboxylic acids is 1. The highest BCUT2D eigenvalue weighted by atomic mass is 16.5. The lowest BCUT2D eigenvalue weighted by Crippen LogP contribution is -2.15. The lowest BCUT2D eigenvalue weighted by Gasteiger charge is -2.12. The van der Waals surface area contributed by atoms with Crippen molar-refractivity contribution < 1.29 is 9.53 Å². The van der Waals surface area contributed by atoms with Gasteiger partial charge in [-0.2, -0.15) is 0 Å². The highest BCUT2D eigenvalue weighted by Crippen LogP contribution is 2.19. The van der Waals surface area contributed by atoms with E-state index < -0.39 is 0 Å². The van der Waals surface area contributed by atoms with E-state index in [0.29, 0.717) is 17.9 Å². The molecule has 2 rings (SSSR count). The van der Waals surface area contributed by atoms with Gasteiger partial charge < -0.3 is 15.8 Å². The number of methoxy groups -OCH3 is 1. The number of amides is 1. The van der Waals surface area contributed by atoms with Crippen LogP contribution in [0.1, 0.15) is 21.5 Å². The smallest absolute Gasteiger partial charge is 0.255 e. The Morgan fingerprint density at radius 2 is 2.00 bits per heavy atom. The van der Waals surface area contributed by atoms with Crippen LogP contribution in [0, 0.1) is 6.92 Å². The van der Waals surface area contributed by atoms with Crippen LogP contribution < -0.4 is 11.1 Å². The van der Waals surface area contributed by atoms with Crippen LogP contribution in [-0.2, 0) is 11.3 Å². The molecule has 0 aliphatic rings. The van der Waals surface area contributed by atoms with Crippen molar-refractivity contribution >= 4 is 17.3 Å². The minimum atomic E-state index is -0.147. The molecule has 104 valence electrons. The molecule has 20 heavy (non-hydrogen) atoms. The van der Waals surface area contributed by atoms with Gasteiger partial charge in [0.2, 0.25) is 0 Å². The molecule has 0 atom stereocenters. The number of nitrogen functional groups attached to an aromatic ring is 1. The molecule has 0 spiro atoms. The summed E-state index contributed by atoms with van der Waals surface area (Å²) in [5.74, 6) is -0.147. The van der Waals surface area contributed by atoms with Crippen molar-refractivity contribution in [2.24, 2.45) is 0 Å². The fraction of sp³-hybridized carbons (Fsp3) is 0.188. The van der Waals surface area contributed by atoms with Crippen molar-refractivity contribution in [3.05, 3.63) is 59.2 Å². The number of hydrogen-bond donors (Lipinski definition) is 2. The zero-order valence-corrected chi connectivity index (χ0v) is 11.6. The number of nitrogens with two attached hydrogens (primary N) is 1. The second-order valence-corrected chi connectivity index (χ2v) is 4.62. The van der Waals surface area contributed by atoms with Crippen LogP contribution in [0.5, 0.6) is 0 Å². The number of benzene rings is 2. The normalized spacial score (nSPS) is 10.3. The molecule has 0 saturated heterocycles. The number of carbonyl (C=O) groups is 1. The van der Waals surface area contributed by atoms with Gasteiger partial charge in [-0.25, -0.2) is 0 Å². The van der Waals surface area contributed by atoms with Crippen LogP contribution in [0.3, 0.4) is 0 Å². The molecule has 0 fully saturated rings. The quantitative estimate of drug-likeness (QED) is 0.839. The maximum Gasteiger partial charge on any atom is 0.255 e. The van der Waals surface area contributed by atoms with E-state index in [1.165, 1.54) is 0 Å². The molecular formula is C16H18N2O2. The number of anilines is 2. The van der Waals surface area contributed by atoms with Gasteiger partial charge in [0.15, 0.2) is 0 Å². The molecule has 0 aliphatic heterocycles. The average molecular weight is 270 g/mol. The predicted molar refractivity (Wildman–Crippen MR) is 80.7 cm³/mol. The fourth-order valence-corrected chi connectivity index (χ4v) is 2.05. The van der Waals surface area contributed by atoms with Gasteiger partial charge in [0.05, 0.1) is 6.61 Å². The first-order valence-corrected chi connectivity index (χ1v) is 6.36. The van der Waals surface area contributed by atoms with Crippen molar-refractivity contribution in [1.29, 1.82) is 0 Å². The minimum Gasteiger partial charge on any atom is -0.399 e. The van der Waals surface area contributed by atoms with Crippen molar-refractivity contribution in [2.45, 2.75) is 13.5 Å². The highest BCUT2D eigenvalue weighted by Gasteiger charge is 2.11. The van der Waals surface area contributed by atoms with Gasteiger partial charge in [0.1, 0.15) is 0 Å². The summed E-state index contributed by atoms with van der Waals surface area (Å²) in [6.07, 6.45) is 0. The number of nitrogens with one attached hydrogen (secondary N) is 1. The molecule has 4 nitrogen and oxygen atoms in total. The third kappa shape index (κ3) is 3.16. The highest BCUT2D eigenvalue weighted by molar-refractivity contribution is 6.05. The molecule has 0 bridgehead atoms. The van der Waals surface area contributed by atoms with Crippen LogP contribution in [0.4, 0.5) is 11.4 Å². The summed E-state index contributed by atoms with van der Waals surface area (Å²) < 4.78 is 5.13. The first kappa shape index (κ1) is 14.1. The summed E-state index contributed by atoms with van der Waals surface area (Å²) in [4.78, 5) is 12.3. The number of ether oxygens (including phenoxy) is 1. The summed E-state index contributed by atoms with van der Waals surface area (Å²) in [5.41, 5.74) is 9.52. The molecule has 0 aliphatic carbocycles. The second kappa shape index (κ2) is 6.21. The molecule has 0 heterocycles. The maximum atomic E-state index is 12.3. The minimum absolute atomic E-state index is 0.147. The van der Waals surface area contributed by atoms with Crippen molar-refractivity contribution in [2.75, 3.05) is 18.2 Å². The maximum absolute atomic E-state index is 12.3. The topological polar surface area (TPSA) is 64.3 Å². The third-order valence-electron chi connectivity index (χ3n) is 3.06. The van der Waals surface area contributed by atoms with Crippen LogP contribution in [0.15, 0.2) is 42.5 Å². The Bertz CT molecular complexity index is 624. The molecule has 0 radical (unpaired) electrons. The van der Waals surface area contributed by atoms with Crippen LogP contribution >= 0.6 is 0 Å². The lowest BCUT2D eigenvalue weighted by molar-refractivity contribution is 0.102. The van der Waals surface area contributed by atoms with E-state index in [2.05, 4.69) is 5.32 Å².